The molecule has 3 N–H and O–H groups in total. The van der Waals surface area contributed by atoms with Crippen molar-refractivity contribution in [3.8, 4) is 5.75 Å². The van der Waals surface area contributed by atoms with Crippen LogP contribution in [-0.4, -0.2) is 54.3 Å². The Bertz CT molecular complexity index is 1300. The van der Waals surface area contributed by atoms with Crippen molar-refractivity contribution in [3.63, 3.8) is 0 Å². The first-order valence-corrected chi connectivity index (χ1v) is 14.0. The summed E-state index contributed by atoms with van der Waals surface area (Å²) in [6.07, 6.45) is 4.30. The van der Waals surface area contributed by atoms with Crippen LogP contribution in [0.4, 0.5) is 28.8 Å². The van der Waals surface area contributed by atoms with Gasteiger partial charge in [0.1, 0.15) is 18.2 Å². The number of likely N-dealkylation sites (tertiary alicyclic amines) is 1. The molecule has 0 saturated carbocycles. The highest BCUT2D eigenvalue weighted by Crippen LogP contribution is 2.26. The second-order valence-electron chi connectivity index (χ2n) is 10.2. The Labute approximate surface area is 219 Å². The summed E-state index contributed by atoms with van der Waals surface area (Å²) >= 11 is 0. The Hall–Kier alpha value is -3.37. The molecule has 37 heavy (non-hydrogen) atoms. The second kappa shape index (κ2) is 11.4. The Morgan fingerprint density at radius 1 is 0.973 bits per heavy atom. The molecule has 0 radical (unpaired) electrons. The summed E-state index contributed by atoms with van der Waals surface area (Å²) in [6, 6.07) is 14.8. The van der Waals surface area contributed by atoms with E-state index in [9.17, 15) is 8.42 Å². The standard InChI is InChI=1S/C27H36N6O3S/c1-20-19-28-26(30-21-10-12-24(13-11-21)36-17-16-33-14-5-6-15-33)31-25(20)29-22-8-7-9-23(18-22)32-37(34,35)27(2,3)4/h7-13,18-19,32H,5-6,14-17H2,1-4H3,(H2,28,29,30,31). The third-order valence-electron chi connectivity index (χ3n) is 6.14. The van der Waals surface area contributed by atoms with E-state index in [1.54, 1.807) is 45.2 Å². The summed E-state index contributed by atoms with van der Waals surface area (Å²) in [5, 5.41) is 6.50. The molecule has 198 valence electrons. The maximum Gasteiger partial charge on any atom is 0.237 e. The number of nitrogens with one attached hydrogen (secondary N) is 3. The molecule has 0 amide bonds. The number of hydrogen-bond donors (Lipinski definition) is 3. The zero-order valence-corrected chi connectivity index (χ0v) is 22.7. The lowest BCUT2D eigenvalue weighted by molar-refractivity contribution is 0.238. The Balaban J connectivity index is 1.38. The molecule has 2 aromatic carbocycles. The van der Waals surface area contributed by atoms with E-state index in [0.29, 0.717) is 29.7 Å². The lowest BCUT2D eigenvalue weighted by Gasteiger charge is -2.20. The molecule has 1 aromatic heterocycles. The van der Waals surface area contributed by atoms with Crippen LogP contribution in [-0.2, 0) is 10.0 Å². The normalized spacial score (nSPS) is 14.4. The van der Waals surface area contributed by atoms with Crippen molar-refractivity contribution in [2.24, 2.45) is 0 Å². The number of nitrogens with zero attached hydrogens (tertiary/aromatic N) is 3. The van der Waals surface area contributed by atoms with Gasteiger partial charge in [0.15, 0.2) is 0 Å². The quantitative estimate of drug-likeness (QED) is 0.328. The van der Waals surface area contributed by atoms with Crippen molar-refractivity contribution < 1.29 is 13.2 Å². The number of anilines is 5. The minimum Gasteiger partial charge on any atom is -0.492 e. The van der Waals surface area contributed by atoms with Crippen LogP contribution >= 0.6 is 0 Å². The van der Waals surface area contributed by atoms with Crippen molar-refractivity contribution in [1.82, 2.24) is 14.9 Å². The Kier molecular flexibility index (Phi) is 8.19. The number of aryl methyl sites for hydroxylation is 1. The van der Waals surface area contributed by atoms with E-state index in [1.165, 1.54) is 25.9 Å². The summed E-state index contributed by atoms with van der Waals surface area (Å²) in [5.41, 5.74) is 2.89. The van der Waals surface area contributed by atoms with Gasteiger partial charge in [-0.1, -0.05) is 6.07 Å². The van der Waals surface area contributed by atoms with Gasteiger partial charge in [-0.25, -0.2) is 13.4 Å². The minimum atomic E-state index is -3.53. The van der Waals surface area contributed by atoms with E-state index in [4.69, 9.17) is 4.74 Å². The zero-order valence-electron chi connectivity index (χ0n) is 21.9. The zero-order chi connectivity index (χ0) is 26.5. The highest BCUT2D eigenvalue weighted by molar-refractivity contribution is 7.94. The predicted molar refractivity (Wildman–Crippen MR) is 150 cm³/mol. The molecule has 0 bridgehead atoms. The van der Waals surface area contributed by atoms with Gasteiger partial charge in [-0.2, -0.15) is 4.98 Å². The van der Waals surface area contributed by atoms with Crippen molar-refractivity contribution in [1.29, 1.82) is 0 Å². The first-order valence-electron chi connectivity index (χ1n) is 12.5. The number of sulfonamides is 1. The van der Waals surface area contributed by atoms with E-state index in [1.807, 2.05) is 37.3 Å². The molecule has 0 spiro atoms. The molecule has 3 aromatic rings. The first kappa shape index (κ1) is 26.7. The van der Waals surface area contributed by atoms with Gasteiger partial charge >= 0.3 is 0 Å². The molecular formula is C27H36N6O3S. The van der Waals surface area contributed by atoms with Crippen LogP contribution in [0.25, 0.3) is 0 Å². The van der Waals surface area contributed by atoms with Crippen LogP contribution in [0.5, 0.6) is 5.75 Å². The lowest BCUT2D eigenvalue weighted by atomic mass is 10.2. The molecule has 4 rings (SSSR count). The van der Waals surface area contributed by atoms with Crippen LogP contribution in [0.15, 0.2) is 54.7 Å². The maximum absolute atomic E-state index is 12.5. The molecular weight excluding hydrogens is 488 g/mol. The van der Waals surface area contributed by atoms with Crippen LogP contribution in [0, 0.1) is 6.92 Å². The molecule has 0 atom stereocenters. The van der Waals surface area contributed by atoms with Crippen LogP contribution in [0.1, 0.15) is 39.2 Å². The molecule has 9 nitrogen and oxygen atoms in total. The molecule has 0 aliphatic carbocycles. The van der Waals surface area contributed by atoms with Crippen LogP contribution < -0.4 is 20.1 Å². The average Bonchev–Trinajstić information content (AvgIpc) is 3.35. The summed E-state index contributed by atoms with van der Waals surface area (Å²) in [7, 11) is -3.53. The Morgan fingerprint density at radius 2 is 1.68 bits per heavy atom. The molecule has 1 fully saturated rings. The van der Waals surface area contributed by atoms with Crippen molar-refractivity contribution >= 4 is 38.9 Å². The number of hydrogen-bond acceptors (Lipinski definition) is 8. The van der Waals surface area contributed by atoms with Gasteiger partial charge in [-0.3, -0.25) is 9.62 Å². The average molecular weight is 525 g/mol. The van der Waals surface area contributed by atoms with Gasteiger partial charge in [0, 0.05) is 29.7 Å². The van der Waals surface area contributed by atoms with Gasteiger partial charge in [0.25, 0.3) is 0 Å². The second-order valence-corrected chi connectivity index (χ2v) is 12.6. The van der Waals surface area contributed by atoms with E-state index in [0.717, 1.165) is 23.5 Å². The highest BCUT2D eigenvalue weighted by Gasteiger charge is 2.28. The van der Waals surface area contributed by atoms with Gasteiger partial charge in [-0.15, -0.1) is 0 Å². The predicted octanol–water partition coefficient (Wildman–Crippen LogP) is 5.29. The smallest absolute Gasteiger partial charge is 0.237 e. The molecule has 10 heteroatoms. The van der Waals surface area contributed by atoms with E-state index in [-0.39, 0.29) is 0 Å². The molecule has 1 aliphatic heterocycles. The molecule has 1 aliphatic rings. The number of benzene rings is 2. The molecule has 0 unspecified atom stereocenters. The summed E-state index contributed by atoms with van der Waals surface area (Å²) in [6.45, 7) is 10.9. The third kappa shape index (κ3) is 7.33. The molecule has 1 saturated heterocycles. The fourth-order valence-electron chi connectivity index (χ4n) is 3.80. The third-order valence-corrected chi connectivity index (χ3v) is 8.26. The van der Waals surface area contributed by atoms with E-state index in [2.05, 4.69) is 30.2 Å². The Morgan fingerprint density at radius 3 is 2.38 bits per heavy atom. The summed E-state index contributed by atoms with van der Waals surface area (Å²) in [4.78, 5) is 11.4. The van der Waals surface area contributed by atoms with E-state index >= 15 is 0 Å². The monoisotopic (exact) mass is 524 g/mol. The van der Waals surface area contributed by atoms with Crippen molar-refractivity contribution in [2.75, 3.05) is 41.6 Å². The summed E-state index contributed by atoms with van der Waals surface area (Å²) in [5.74, 6) is 1.90. The topological polar surface area (TPSA) is 108 Å². The van der Waals surface area contributed by atoms with Gasteiger partial charge in [0.05, 0.1) is 10.4 Å². The number of rotatable bonds is 10. The maximum atomic E-state index is 12.5. The van der Waals surface area contributed by atoms with Crippen molar-refractivity contribution in [2.45, 2.75) is 45.3 Å². The fraction of sp³-hybridized carbons (Fsp3) is 0.407. The summed E-state index contributed by atoms with van der Waals surface area (Å²) < 4.78 is 32.7. The van der Waals surface area contributed by atoms with Crippen LogP contribution in [0.2, 0.25) is 0 Å². The first-order chi connectivity index (χ1) is 17.6. The largest absolute Gasteiger partial charge is 0.492 e. The minimum absolute atomic E-state index is 0.445. The van der Waals surface area contributed by atoms with Gasteiger partial charge < -0.3 is 15.4 Å². The highest BCUT2D eigenvalue weighted by atomic mass is 32.2. The van der Waals surface area contributed by atoms with Crippen molar-refractivity contribution in [3.05, 3.63) is 60.3 Å². The van der Waals surface area contributed by atoms with Gasteiger partial charge in [0.2, 0.25) is 16.0 Å². The lowest BCUT2D eigenvalue weighted by Crippen LogP contribution is -2.33. The van der Waals surface area contributed by atoms with Crippen LogP contribution in [0.3, 0.4) is 0 Å². The van der Waals surface area contributed by atoms with Gasteiger partial charge in [-0.05, 0) is 96.1 Å². The SMILES string of the molecule is Cc1cnc(Nc2ccc(OCCN3CCCC3)cc2)nc1Nc1cccc(NS(=O)(=O)C(C)(C)C)c1. The number of aromatic nitrogens is 2. The number of ether oxygens (including phenoxy) is 1. The fourth-order valence-corrected chi connectivity index (χ4v) is 4.54. The van der Waals surface area contributed by atoms with E-state index < -0.39 is 14.8 Å². The molecule has 2 heterocycles.